The molecule has 0 aliphatic carbocycles. The smallest absolute Gasteiger partial charge is 0.117 e. The van der Waals surface area contributed by atoms with Gasteiger partial charge in [0, 0.05) is 17.5 Å². The van der Waals surface area contributed by atoms with E-state index in [9.17, 15) is 5.11 Å². The number of benzene rings is 1. The Morgan fingerprint density at radius 3 is 2.69 bits per heavy atom. The SMILES string of the molecule is C=C/C=C\C(=C/C=C)Nc1cccc(O)c1. The quantitative estimate of drug-likeness (QED) is 0.732. The van der Waals surface area contributed by atoms with Crippen LogP contribution in [0.2, 0.25) is 0 Å². The van der Waals surface area contributed by atoms with Crippen LogP contribution in [0.3, 0.4) is 0 Å². The van der Waals surface area contributed by atoms with Crippen molar-refractivity contribution in [3.8, 4) is 5.75 Å². The van der Waals surface area contributed by atoms with E-state index in [0.29, 0.717) is 0 Å². The van der Waals surface area contributed by atoms with Crippen molar-refractivity contribution >= 4 is 5.69 Å². The standard InChI is InChI=1S/C14H15NO/c1-3-5-8-12(7-4-2)15-13-9-6-10-14(16)11-13/h3-11,15-16H,1-2H2/b8-5-,12-7+. The second-order valence-electron chi connectivity index (χ2n) is 3.13. The molecule has 1 rings (SSSR count). The van der Waals surface area contributed by atoms with Gasteiger partial charge in [0.2, 0.25) is 0 Å². The van der Waals surface area contributed by atoms with Crippen LogP contribution < -0.4 is 5.32 Å². The molecule has 0 amide bonds. The molecular formula is C14H15NO. The number of anilines is 1. The number of allylic oxidation sites excluding steroid dienone is 5. The maximum Gasteiger partial charge on any atom is 0.117 e. The second kappa shape index (κ2) is 6.30. The summed E-state index contributed by atoms with van der Waals surface area (Å²) < 4.78 is 0. The zero-order chi connectivity index (χ0) is 11.8. The van der Waals surface area contributed by atoms with Crippen molar-refractivity contribution < 1.29 is 5.11 Å². The normalized spacial score (nSPS) is 11.4. The molecule has 0 atom stereocenters. The van der Waals surface area contributed by atoms with Crippen LogP contribution in [0.25, 0.3) is 0 Å². The van der Waals surface area contributed by atoms with Crippen LogP contribution in [0.4, 0.5) is 5.69 Å². The number of nitrogens with one attached hydrogen (secondary N) is 1. The predicted molar refractivity (Wildman–Crippen MR) is 69.3 cm³/mol. The molecule has 1 aromatic carbocycles. The van der Waals surface area contributed by atoms with Gasteiger partial charge in [0.05, 0.1) is 0 Å². The first-order chi connectivity index (χ1) is 7.76. The van der Waals surface area contributed by atoms with Gasteiger partial charge in [-0.15, -0.1) is 0 Å². The largest absolute Gasteiger partial charge is 0.508 e. The van der Waals surface area contributed by atoms with Crippen LogP contribution in [-0.2, 0) is 0 Å². The molecule has 0 spiro atoms. The summed E-state index contributed by atoms with van der Waals surface area (Å²) in [4.78, 5) is 0. The van der Waals surface area contributed by atoms with Gasteiger partial charge in [0.25, 0.3) is 0 Å². The molecule has 82 valence electrons. The minimum Gasteiger partial charge on any atom is -0.508 e. The predicted octanol–water partition coefficient (Wildman–Crippen LogP) is 3.62. The molecule has 0 aliphatic rings. The maximum absolute atomic E-state index is 9.32. The van der Waals surface area contributed by atoms with Crippen LogP contribution in [0.5, 0.6) is 5.75 Å². The van der Waals surface area contributed by atoms with Crippen molar-refractivity contribution in [2.75, 3.05) is 5.32 Å². The summed E-state index contributed by atoms with van der Waals surface area (Å²) >= 11 is 0. The number of hydrogen-bond donors (Lipinski definition) is 2. The number of aromatic hydroxyl groups is 1. The highest BCUT2D eigenvalue weighted by Gasteiger charge is 1.94. The average molecular weight is 213 g/mol. The summed E-state index contributed by atoms with van der Waals surface area (Å²) in [5.74, 6) is 0.232. The molecule has 0 saturated carbocycles. The van der Waals surface area contributed by atoms with E-state index in [1.807, 2.05) is 24.3 Å². The minimum atomic E-state index is 0.232. The van der Waals surface area contributed by atoms with Gasteiger partial charge in [-0.3, -0.25) is 0 Å². The molecule has 2 nitrogen and oxygen atoms in total. The van der Waals surface area contributed by atoms with Crippen LogP contribution in [0.15, 0.2) is 73.5 Å². The van der Waals surface area contributed by atoms with Gasteiger partial charge in [-0.25, -0.2) is 0 Å². The lowest BCUT2D eigenvalue weighted by Gasteiger charge is -2.06. The van der Waals surface area contributed by atoms with Crippen molar-refractivity contribution in [2.24, 2.45) is 0 Å². The van der Waals surface area contributed by atoms with E-state index < -0.39 is 0 Å². The number of phenolic OH excluding ortho intramolecular Hbond substituents is 1. The summed E-state index contributed by atoms with van der Waals surface area (Å²) in [6, 6.07) is 6.93. The van der Waals surface area contributed by atoms with E-state index in [0.717, 1.165) is 11.4 Å². The Morgan fingerprint density at radius 1 is 1.25 bits per heavy atom. The first kappa shape index (κ1) is 11.9. The number of hydrogen-bond acceptors (Lipinski definition) is 2. The zero-order valence-electron chi connectivity index (χ0n) is 9.06. The molecule has 0 heterocycles. The Labute approximate surface area is 95.9 Å². The number of phenols is 1. The van der Waals surface area contributed by atoms with E-state index in [4.69, 9.17) is 0 Å². The van der Waals surface area contributed by atoms with Crippen molar-refractivity contribution in [3.63, 3.8) is 0 Å². The van der Waals surface area contributed by atoms with Gasteiger partial charge in [-0.1, -0.05) is 37.5 Å². The van der Waals surface area contributed by atoms with Crippen molar-refractivity contribution in [2.45, 2.75) is 0 Å². The Balaban J connectivity index is 2.83. The van der Waals surface area contributed by atoms with Crippen LogP contribution >= 0.6 is 0 Å². The highest BCUT2D eigenvalue weighted by Crippen LogP contribution is 2.17. The molecule has 2 N–H and O–H groups in total. The Hall–Kier alpha value is -2.22. The molecule has 0 radical (unpaired) electrons. The van der Waals surface area contributed by atoms with Gasteiger partial charge >= 0.3 is 0 Å². The van der Waals surface area contributed by atoms with Gasteiger partial charge in [0.1, 0.15) is 5.75 Å². The fourth-order valence-corrected chi connectivity index (χ4v) is 1.19. The highest BCUT2D eigenvalue weighted by molar-refractivity contribution is 5.54. The molecule has 2 heteroatoms. The van der Waals surface area contributed by atoms with E-state index in [1.54, 1.807) is 30.4 Å². The minimum absolute atomic E-state index is 0.232. The summed E-state index contributed by atoms with van der Waals surface area (Å²) in [6.07, 6.45) is 8.92. The Bertz CT molecular complexity index is 430. The Kier molecular flexibility index (Phi) is 4.67. The zero-order valence-corrected chi connectivity index (χ0v) is 9.06. The van der Waals surface area contributed by atoms with Crippen molar-refractivity contribution in [1.29, 1.82) is 0 Å². The second-order valence-corrected chi connectivity index (χ2v) is 3.13. The fraction of sp³-hybridized carbons (Fsp3) is 0. The summed E-state index contributed by atoms with van der Waals surface area (Å²) in [7, 11) is 0. The molecule has 0 aliphatic heterocycles. The van der Waals surface area contributed by atoms with Gasteiger partial charge < -0.3 is 10.4 Å². The lowest BCUT2D eigenvalue weighted by atomic mass is 10.2. The van der Waals surface area contributed by atoms with E-state index >= 15 is 0 Å². The lowest BCUT2D eigenvalue weighted by molar-refractivity contribution is 0.475. The summed E-state index contributed by atoms with van der Waals surface area (Å²) in [6.45, 7) is 7.25. The van der Waals surface area contributed by atoms with E-state index in [-0.39, 0.29) is 5.75 Å². The van der Waals surface area contributed by atoms with Crippen LogP contribution in [0, 0.1) is 0 Å². The number of rotatable bonds is 5. The highest BCUT2D eigenvalue weighted by atomic mass is 16.3. The molecule has 16 heavy (non-hydrogen) atoms. The van der Waals surface area contributed by atoms with Gasteiger partial charge in [0.15, 0.2) is 0 Å². The average Bonchev–Trinajstić information content (AvgIpc) is 2.26. The van der Waals surface area contributed by atoms with Gasteiger partial charge in [-0.2, -0.15) is 0 Å². The molecule has 0 fully saturated rings. The monoisotopic (exact) mass is 213 g/mol. The molecule has 0 aromatic heterocycles. The molecular weight excluding hydrogens is 198 g/mol. The maximum atomic E-state index is 9.32. The third-order valence-electron chi connectivity index (χ3n) is 1.84. The molecule has 1 aromatic rings. The third-order valence-corrected chi connectivity index (χ3v) is 1.84. The van der Waals surface area contributed by atoms with E-state index in [2.05, 4.69) is 18.5 Å². The molecule has 0 saturated heterocycles. The topological polar surface area (TPSA) is 32.3 Å². The van der Waals surface area contributed by atoms with E-state index in [1.165, 1.54) is 0 Å². The Morgan fingerprint density at radius 2 is 2.06 bits per heavy atom. The van der Waals surface area contributed by atoms with Crippen LogP contribution in [0.1, 0.15) is 0 Å². The summed E-state index contributed by atoms with van der Waals surface area (Å²) in [5.41, 5.74) is 1.70. The van der Waals surface area contributed by atoms with Crippen molar-refractivity contribution in [1.82, 2.24) is 0 Å². The molecule has 0 bridgehead atoms. The van der Waals surface area contributed by atoms with Crippen LogP contribution in [-0.4, -0.2) is 5.11 Å². The fourth-order valence-electron chi connectivity index (χ4n) is 1.19. The lowest BCUT2D eigenvalue weighted by Crippen LogP contribution is -1.95. The molecule has 0 unspecified atom stereocenters. The first-order valence-electron chi connectivity index (χ1n) is 4.94. The summed E-state index contributed by atoms with van der Waals surface area (Å²) in [5, 5.41) is 12.5. The van der Waals surface area contributed by atoms with Gasteiger partial charge in [-0.05, 0) is 24.3 Å². The third kappa shape index (κ3) is 3.88. The van der Waals surface area contributed by atoms with Crippen molar-refractivity contribution in [3.05, 3.63) is 73.5 Å². The first-order valence-corrected chi connectivity index (χ1v) is 4.94.